The molecule has 0 aliphatic rings. The molecule has 10 rings (SSSR count). The van der Waals surface area contributed by atoms with Crippen molar-refractivity contribution in [3.05, 3.63) is 187 Å². The van der Waals surface area contributed by atoms with Crippen LogP contribution in [-0.2, 0) is 0 Å². The van der Waals surface area contributed by atoms with Crippen molar-refractivity contribution in [3.8, 4) is 86.2 Å². The van der Waals surface area contributed by atoms with Gasteiger partial charge in [0.2, 0.25) is 0 Å². The highest BCUT2D eigenvalue weighted by Crippen LogP contribution is 2.39. The minimum Gasteiger partial charge on any atom is -0.308 e. The summed E-state index contributed by atoms with van der Waals surface area (Å²) in [4.78, 5) is 30.3. The molecule has 0 fully saturated rings. The number of rotatable bonds is 7. The van der Waals surface area contributed by atoms with Crippen molar-refractivity contribution < 1.29 is 0 Å². The van der Waals surface area contributed by atoms with E-state index in [0.717, 1.165) is 49.7 Å². The van der Waals surface area contributed by atoms with Gasteiger partial charge in [-0.05, 0) is 42.5 Å². The number of nitrogens with zero attached hydrogens (tertiary/aromatic N) is 9. The number of hydrogen-bond acceptors (Lipinski definition) is 8. The van der Waals surface area contributed by atoms with Crippen LogP contribution in [0.15, 0.2) is 176 Å². The molecule has 10 aromatic rings. The largest absolute Gasteiger partial charge is 0.308 e. The molecule has 9 nitrogen and oxygen atoms in total. The predicted molar refractivity (Wildman–Crippen MR) is 230 cm³/mol. The summed E-state index contributed by atoms with van der Waals surface area (Å²) in [6.07, 6.45) is 0. The van der Waals surface area contributed by atoms with Crippen LogP contribution in [-0.4, -0.2) is 34.5 Å². The van der Waals surface area contributed by atoms with E-state index in [0.29, 0.717) is 57.2 Å². The second-order valence-electron chi connectivity index (χ2n) is 13.8. The normalized spacial score (nSPS) is 11.0. The lowest BCUT2D eigenvalue weighted by Gasteiger charge is -2.16. The van der Waals surface area contributed by atoms with Crippen molar-refractivity contribution in [2.75, 3.05) is 0 Å². The van der Waals surface area contributed by atoms with Gasteiger partial charge in [-0.3, -0.25) is 0 Å². The minimum absolute atomic E-state index is 0.415. The highest BCUT2D eigenvalue weighted by atomic mass is 15.1. The monoisotopic (exact) mass is 755 g/mol. The summed E-state index contributed by atoms with van der Waals surface area (Å²) < 4.78 is 2.08. The predicted octanol–water partition coefficient (Wildman–Crippen LogP) is 10.9. The lowest BCUT2D eigenvalue weighted by Crippen LogP contribution is -2.05. The van der Waals surface area contributed by atoms with E-state index in [2.05, 4.69) is 16.7 Å². The highest BCUT2D eigenvalue weighted by Gasteiger charge is 2.22. The van der Waals surface area contributed by atoms with E-state index in [9.17, 15) is 10.5 Å². The van der Waals surface area contributed by atoms with Gasteiger partial charge in [-0.1, -0.05) is 133 Å². The molecule has 0 N–H and O–H groups in total. The molecule has 274 valence electrons. The van der Waals surface area contributed by atoms with Crippen LogP contribution in [0.4, 0.5) is 0 Å². The van der Waals surface area contributed by atoms with E-state index in [1.165, 1.54) is 0 Å². The van der Waals surface area contributed by atoms with Crippen LogP contribution < -0.4 is 0 Å². The summed E-state index contributed by atoms with van der Waals surface area (Å²) in [5, 5.41) is 22.0. The zero-order valence-corrected chi connectivity index (χ0v) is 31.3. The molecule has 0 atom stereocenters. The van der Waals surface area contributed by atoms with Gasteiger partial charge in [-0.25, -0.2) is 29.9 Å². The molecule has 0 spiro atoms. The highest BCUT2D eigenvalue weighted by molar-refractivity contribution is 6.10. The number of benzene rings is 7. The maximum Gasteiger partial charge on any atom is 0.166 e. The summed E-state index contributed by atoms with van der Waals surface area (Å²) in [5.74, 6) is 2.96. The van der Waals surface area contributed by atoms with Gasteiger partial charge in [0.15, 0.2) is 34.9 Å². The molecule has 3 aromatic heterocycles. The molecule has 0 unspecified atom stereocenters. The van der Waals surface area contributed by atoms with E-state index in [1.54, 1.807) is 0 Å². The summed E-state index contributed by atoms with van der Waals surface area (Å²) in [6, 6.07) is 61.3. The first-order chi connectivity index (χ1) is 29.1. The van der Waals surface area contributed by atoms with Crippen LogP contribution >= 0.6 is 0 Å². The van der Waals surface area contributed by atoms with Gasteiger partial charge in [-0.15, -0.1) is 0 Å². The second-order valence-corrected chi connectivity index (χ2v) is 13.8. The molecule has 59 heavy (non-hydrogen) atoms. The fourth-order valence-electron chi connectivity index (χ4n) is 7.33. The Morgan fingerprint density at radius 2 is 0.695 bits per heavy atom. The Kier molecular flexibility index (Phi) is 8.71. The maximum absolute atomic E-state index is 10.0. The van der Waals surface area contributed by atoms with Gasteiger partial charge in [0.1, 0.15) is 0 Å². The number of aromatic nitrogens is 7. The lowest BCUT2D eigenvalue weighted by atomic mass is 10.1. The van der Waals surface area contributed by atoms with E-state index >= 15 is 0 Å². The molecule has 9 heteroatoms. The summed E-state index contributed by atoms with van der Waals surface area (Å²) in [5.41, 5.74) is 8.06. The molecule has 0 radical (unpaired) electrons. The van der Waals surface area contributed by atoms with E-state index in [1.807, 2.05) is 176 Å². The van der Waals surface area contributed by atoms with Gasteiger partial charge < -0.3 is 4.57 Å². The van der Waals surface area contributed by atoms with Crippen molar-refractivity contribution in [2.24, 2.45) is 0 Å². The first-order valence-corrected chi connectivity index (χ1v) is 18.9. The molecule has 0 aliphatic heterocycles. The maximum atomic E-state index is 10.0. The molecule has 0 bridgehead atoms. The van der Waals surface area contributed by atoms with Gasteiger partial charge >= 0.3 is 0 Å². The number of hydrogen-bond donors (Lipinski definition) is 0. The van der Waals surface area contributed by atoms with Crippen molar-refractivity contribution in [1.82, 2.24) is 34.5 Å². The molecule has 0 saturated heterocycles. The Bertz CT molecular complexity index is 3090. The van der Waals surface area contributed by atoms with Gasteiger partial charge in [0.05, 0.1) is 40.0 Å². The van der Waals surface area contributed by atoms with Crippen molar-refractivity contribution in [3.63, 3.8) is 0 Å². The van der Waals surface area contributed by atoms with E-state index < -0.39 is 0 Å². The van der Waals surface area contributed by atoms with Crippen LogP contribution in [0.3, 0.4) is 0 Å². The Morgan fingerprint density at radius 3 is 1.07 bits per heavy atom. The molecule has 0 amide bonds. The molecule has 7 aromatic carbocycles. The lowest BCUT2D eigenvalue weighted by molar-refractivity contribution is 1.06. The zero-order chi connectivity index (χ0) is 39.7. The van der Waals surface area contributed by atoms with Crippen molar-refractivity contribution in [2.45, 2.75) is 0 Å². The SMILES string of the molecule is N#Cc1ccc2c3ccc(C#N)cc3n(-c3ccc(-c4nc(-c5ccccc5)nc(-c5ccccc5)n4)cc3-c3nc(-c4ccccc4)nc(-c4ccccc4)n3)c2c1. The van der Waals surface area contributed by atoms with Gasteiger partial charge in [0.25, 0.3) is 0 Å². The van der Waals surface area contributed by atoms with Crippen LogP contribution in [0.5, 0.6) is 0 Å². The summed E-state index contributed by atoms with van der Waals surface area (Å²) >= 11 is 0. The van der Waals surface area contributed by atoms with Crippen LogP contribution in [0, 0.1) is 22.7 Å². The zero-order valence-electron chi connectivity index (χ0n) is 31.3. The fraction of sp³-hybridized carbons (Fsp3) is 0. The number of nitriles is 2. The topological polar surface area (TPSA) is 130 Å². The van der Waals surface area contributed by atoms with Gasteiger partial charge in [-0.2, -0.15) is 10.5 Å². The van der Waals surface area contributed by atoms with Crippen molar-refractivity contribution >= 4 is 21.8 Å². The van der Waals surface area contributed by atoms with E-state index in [4.69, 9.17) is 29.9 Å². The first-order valence-electron chi connectivity index (χ1n) is 18.9. The molecule has 3 heterocycles. The smallest absolute Gasteiger partial charge is 0.166 e. The molecule has 0 aliphatic carbocycles. The Labute approximate surface area is 338 Å². The fourth-order valence-corrected chi connectivity index (χ4v) is 7.33. The van der Waals surface area contributed by atoms with Crippen LogP contribution in [0.1, 0.15) is 11.1 Å². The Balaban J connectivity index is 1.30. The number of fused-ring (bicyclic) bond motifs is 3. The quantitative estimate of drug-likeness (QED) is 0.157. The van der Waals surface area contributed by atoms with Crippen molar-refractivity contribution in [1.29, 1.82) is 10.5 Å². The molecular weight excluding hydrogens is 727 g/mol. The Morgan fingerprint density at radius 1 is 0.339 bits per heavy atom. The third-order valence-corrected chi connectivity index (χ3v) is 10.2. The molecule has 0 saturated carbocycles. The third-order valence-electron chi connectivity index (χ3n) is 10.2. The van der Waals surface area contributed by atoms with E-state index in [-0.39, 0.29) is 0 Å². The first kappa shape index (κ1) is 34.8. The summed E-state index contributed by atoms with van der Waals surface area (Å²) in [7, 11) is 0. The average molecular weight is 756 g/mol. The third kappa shape index (κ3) is 6.51. The van der Waals surface area contributed by atoms with Crippen LogP contribution in [0.25, 0.3) is 95.8 Å². The summed E-state index contributed by atoms with van der Waals surface area (Å²) in [6.45, 7) is 0. The minimum atomic E-state index is 0.415. The second kappa shape index (κ2) is 14.8. The molecular formula is C50H29N9. The van der Waals surface area contributed by atoms with Gasteiger partial charge in [0, 0.05) is 44.2 Å². The van der Waals surface area contributed by atoms with Crippen LogP contribution in [0.2, 0.25) is 0 Å². The standard InChI is InChI=1S/C50H29N9/c51-30-32-21-24-39-40-25-22-33(31-52)28-44(40)59(43(39)27-32)42-26-23-38(49-55-45(34-13-5-1-6-14-34)53-46(56-49)35-15-7-2-8-16-35)29-41(42)50-57-47(36-17-9-3-10-18-36)54-48(58-50)37-19-11-4-12-20-37/h1-29H. The Hall–Kier alpha value is -8.66. The average Bonchev–Trinajstić information content (AvgIpc) is 3.64.